The highest BCUT2D eigenvalue weighted by atomic mass is 16.5. The number of amides is 1. The van der Waals surface area contributed by atoms with Crippen molar-refractivity contribution >= 4 is 5.91 Å². The number of benzene rings is 1. The third-order valence-electron chi connectivity index (χ3n) is 4.29. The van der Waals surface area contributed by atoms with Crippen LogP contribution < -0.4 is 5.32 Å². The van der Waals surface area contributed by atoms with Crippen molar-refractivity contribution in [1.29, 1.82) is 0 Å². The number of rotatable bonds is 5. The summed E-state index contributed by atoms with van der Waals surface area (Å²) >= 11 is 0. The minimum Gasteiger partial charge on any atom is -0.378 e. The fourth-order valence-electron chi connectivity index (χ4n) is 2.92. The number of hydrogen-bond acceptors (Lipinski definition) is 2. The van der Waals surface area contributed by atoms with Crippen LogP contribution in [0.4, 0.5) is 0 Å². The van der Waals surface area contributed by atoms with Gasteiger partial charge in [-0.25, -0.2) is 0 Å². The molecular formula is C16H21NO2. The highest BCUT2D eigenvalue weighted by molar-refractivity contribution is 5.91. The van der Waals surface area contributed by atoms with E-state index in [1.165, 1.54) is 0 Å². The molecule has 2 aliphatic rings. The van der Waals surface area contributed by atoms with Gasteiger partial charge in [0.2, 0.25) is 5.91 Å². The number of carbonyl (C=O) groups is 1. The van der Waals surface area contributed by atoms with Gasteiger partial charge in [0.15, 0.2) is 0 Å². The molecule has 1 heterocycles. The molecule has 3 nitrogen and oxygen atoms in total. The van der Waals surface area contributed by atoms with Gasteiger partial charge < -0.3 is 10.1 Å². The second-order valence-electron chi connectivity index (χ2n) is 5.63. The predicted octanol–water partition coefficient (Wildman–Crippen LogP) is 2.40. The van der Waals surface area contributed by atoms with E-state index >= 15 is 0 Å². The van der Waals surface area contributed by atoms with Crippen molar-refractivity contribution in [3.63, 3.8) is 0 Å². The molecule has 1 saturated carbocycles. The maximum atomic E-state index is 12.3. The Morgan fingerprint density at radius 2 is 2.11 bits per heavy atom. The van der Waals surface area contributed by atoms with Crippen LogP contribution in [0.3, 0.4) is 0 Å². The van der Waals surface area contributed by atoms with Crippen molar-refractivity contribution in [3.8, 4) is 0 Å². The molecule has 2 fully saturated rings. The zero-order chi connectivity index (χ0) is 13.1. The second-order valence-corrected chi connectivity index (χ2v) is 5.63. The van der Waals surface area contributed by atoms with Crippen LogP contribution in [0.5, 0.6) is 0 Å². The van der Waals surface area contributed by atoms with Crippen LogP contribution in [-0.4, -0.2) is 25.2 Å². The Balaban J connectivity index is 1.52. The number of carbonyl (C=O) groups excluding carboxylic acids is 1. The van der Waals surface area contributed by atoms with Gasteiger partial charge in [-0.15, -0.1) is 0 Å². The highest BCUT2D eigenvalue weighted by Gasteiger charge is 2.50. The smallest absolute Gasteiger partial charge is 0.230 e. The summed E-state index contributed by atoms with van der Waals surface area (Å²) in [4.78, 5) is 12.3. The third-order valence-corrected chi connectivity index (χ3v) is 4.29. The lowest BCUT2D eigenvalue weighted by atomic mass is 9.95. The molecule has 0 unspecified atom stereocenters. The Kier molecular flexibility index (Phi) is 3.56. The first-order chi connectivity index (χ1) is 9.31. The van der Waals surface area contributed by atoms with Crippen LogP contribution in [0.25, 0.3) is 0 Å². The molecule has 3 heteroatoms. The van der Waals surface area contributed by atoms with Crippen molar-refractivity contribution in [2.45, 2.75) is 43.6 Å². The first-order valence-electron chi connectivity index (χ1n) is 7.27. The number of ether oxygens (including phenoxy) is 1. The van der Waals surface area contributed by atoms with Gasteiger partial charge in [-0.05, 0) is 37.7 Å². The summed E-state index contributed by atoms with van der Waals surface area (Å²) in [5.41, 5.74) is 0.919. The molecule has 102 valence electrons. The van der Waals surface area contributed by atoms with E-state index in [1.54, 1.807) is 0 Å². The van der Waals surface area contributed by atoms with Crippen molar-refractivity contribution in [2.75, 3.05) is 13.2 Å². The first kappa shape index (κ1) is 12.7. The second kappa shape index (κ2) is 5.33. The maximum absolute atomic E-state index is 12.3. The van der Waals surface area contributed by atoms with Gasteiger partial charge >= 0.3 is 0 Å². The quantitative estimate of drug-likeness (QED) is 0.882. The average molecular weight is 259 g/mol. The molecule has 1 aliphatic heterocycles. The minimum absolute atomic E-state index is 0.191. The van der Waals surface area contributed by atoms with Crippen LogP contribution in [-0.2, 0) is 14.9 Å². The van der Waals surface area contributed by atoms with Crippen molar-refractivity contribution in [3.05, 3.63) is 35.9 Å². The van der Waals surface area contributed by atoms with Crippen molar-refractivity contribution in [2.24, 2.45) is 0 Å². The van der Waals surface area contributed by atoms with Crippen LogP contribution in [0, 0.1) is 0 Å². The molecule has 1 aromatic carbocycles. The summed E-state index contributed by atoms with van der Waals surface area (Å²) in [5.74, 6) is 0.191. The first-order valence-corrected chi connectivity index (χ1v) is 7.27. The SMILES string of the molecule is O=C(NCC[C@@H]1CCCO1)C1(c2ccccc2)CC1. The Labute approximate surface area is 114 Å². The summed E-state index contributed by atoms with van der Waals surface area (Å²) in [6.07, 6.45) is 5.54. The largest absolute Gasteiger partial charge is 0.378 e. The molecule has 3 rings (SSSR count). The average Bonchev–Trinajstić information content (AvgIpc) is 3.11. The Morgan fingerprint density at radius 1 is 1.32 bits per heavy atom. The summed E-state index contributed by atoms with van der Waals surface area (Å²) < 4.78 is 5.57. The minimum atomic E-state index is -0.238. The normalized spacial score (nSPS) is 24.1. The van der Waals surface area contributed by atoms with E-state index in [1.807, 2.05) is 18.2 Å². The monoisotopic (exact) mass is 259 g/mol. The molecule has 0 radical (unpaired) electrons. The Bertz CT molecular complexity index is 433. The van der Waals surface area contributed by atoms with E-state index in [-0.39, 0.29) is 11.3 Å². The molecule has 1 aliphatic carbocycles. The molecule has 1 amide bonds. The predicted molar refractivity (Wildman–Crippen MR) is 74.0 cm³/mol. The standard InChI is InChI=1S/C16H21NO2/c18-15(17-11-8-14-7-4-12-19-14)16(9-10-16)13-5-2-1-3-6-13/h1-3,5-6,14H,4,7-12H2,(H,17,18)/t14-/m0/s1. The molecule has 1 N–H and O–H groups in total. The fraction of sp³-hybridized carbons (Fsp3) is 0.562. The molecular weight excluding hydrogens is 238 g/mol. The molecule has 19 heavy (non-hydrogen) atoms. The Morgan fingerprint density at radius 3 is 2.74 bits per heavy atom. The van der Waals surface area contributed by atoms with Gasteiger partial charge in [0, 0.05) is 13.2 Å². The molecule has 0 aromatic heterocycles. The zero-order valence-corrected chi connectivity index (χ0v) is 11.2. The van der Waals surface area contributed by atoms with E-state index in [0.717, 1.165) is 50.8 Å². The highest BCUT2D eigenvalue weighted by Crippen LogP contribution is 2.48. The van der Waals surface area contributed by atoms with E-state index in [9.17, 15) is 4.79 Å². The van der Waals surface area contributed by atoms with Gasteiger partial charge in [0.25, 0.3) is 0 Å². The summed E-state index contributed by atoms with van der Waals surface area (Å²) in [6.45, 7) is 1.62. The van der Waals surface area contributed by atoms with Crippen molar-refractivity contribution in [1.82, 2.24) is 5.32 Å². The topological polar surface area (TPSA) is 38.3 Å². The van der Waals surface area contributed by atoms with Crippen LogP contribution in [0.1, 0.15) is 37.7 Å². The maximum Gasteiger partial charge on any atom is 0.230 e. The van der Waals surface area contributed by atoms with Gasteiger partial charge in [-0.2, -0.15) is 0 Å². The fourth-order valence-corrected chi connectivity index (χ4v) is 2.92. The van der Waals surface area contributed by atoms with Gasteiger partial charge in [0.1, 0.15) is 0 Å². The van der Waals surface area contributed by atoms with E-state index in [2.05, 4.69) is 17.4 Å². The summed E-state index contributed by atoms with van der Waals surface area (Å²) in [5, 5.41) is 3.09. The van der Waals surface area contributed by atoms with Gasteiger partial charge in [0.05, 0.1) is 11.5 Å². The number of nitrogens with one attached hydrogen (secondary N) is 1. The molecule has 1 atom stereocenters. The molecule has 1 aromatic rings. The van der Waals surface area contributed by atoms with Crippen LogP contribution in [0.15, 0.2) is 30.3 Å². The van der Waals surface area contributed by atoms with Crippen LogP contribution in [0.2, 0.25) is 0 Å². The van der Waals surface area contributed by atoms with Crippen LogP contribution >= 0.6 is 0 Å². The molecule has 1 saturated heterocycles. The van der Waals surface area contributed by atoms with Gasteiger partial charge in [-0.3, -0.25) is 4.79 Å². The van der Waals surface area contributed by atoms with E-state index in [0.29, 0.717) is 6.10 Å². The summed E-state index contributed by atoms with van der Waals surface area (Å²) in [7, 11) is 0. The van der Waals surface area contributed by atoms with Gasteiger partial charge in [-0.1, -0.05) is 30.3 Å². The molecule has 0 spiro atoms. The lowest BCUT2D eigenvalue weighted by Crippen LogP contribution is -2.36. The summed E-state index contributed by atoms with van der Waals surface area (Å²) in [6, 6.07) is 10.1. The third kappa shape index (κ3) is 2.66. The zero-order valence-electron chi connectivity index (χ0n) is 11.2. The lowest BCUT2D eigenvalue weighted by molar-refractivity contribution is -0.123. The number of hydrogen-bond donors (Lipinski definition) is 1. The lowest BCUT2D eigenvalue weighted by Gasteiger charge is -2.16. The van der Waals surface area contributed by atoms with Crippen molar-refractivity contribution < 1.29 is 9.53 Å². The van der Waals surface area contributed by atoms with E-state index in [4.69, 9.17) is 4.74 Å². The molecule has 0 bridgehead atoms. The van der Waals surface area contributed by atoms with E-state index < -0.39 is 0 Å². The Hall–Kier alpha value is -1.35.